The Morgan fingerprint density at radius 2 is 1.59 bits per heavy atom. The number of halogens is 1. The minimum atomic E-state index is -0.351. The van der Waals surface area contributed by atoms with Crippen molar-refractivity contribution in [3.8, 4) is 23.0 Å². The van der Waals surface area contributed by atoms with Crippen molar-refractivity contribution in [3.63, 3.8) is 0 Å². The summed E-state index contributed by atoms with van der Waals surface area (Å²) in [7, 11) is 4.79. The predicted molar refractivity (Wildman–Crippen MR) is 122 cm³/mol. The molecule has 1 heterocycles. The van der Waals surface area contributed by atoms with Crippen molar-refractivity contribution in [3.05, 3.63) is 82.4 Å². The first-order valence-corrected chi connectivity index (χ1v) is 10.5. The van der Waals surface area contributed by atoms with Crippen LogP contribution < -0.4 is 18.9 Å². The number of methoxy groups -OCH3 is 3. The highest BCUT2D eigenvalue weighted by Gasteiger charge is 2.34. The van der Waals surface area contributed by atoms with Gasteiger partial charge in [0.25, 0.3) is 5.91 Å². The fourth-order valence-electron chi connectivity index (χ4n) is 3.82. The summed E-state index contributed by atoms with van der Waals surface area (Å²) >= 11 is 6.14. The van der Waals surface area contributed by atoms with Crippen molar-refractivity contribution in [1.82, 2.24) is 4.90 Å². The monoisotopic (exact) mass is 453 g/mol. The summed E-state index contributed by atoms with van der Waals surface area (Å²) in [4.78, 5) is 15.1. The molecule has 1 unspecified atom stereocenters. The second kappa shape index (κ2) is 9.40. The van der Waals surface area contributed by atoms with Gasteiger partial charge in [-0.05, 0) is 59.7 Å². The molecular formula is C25H24ClNO5. The van der Waals surface area contributed by atoms with Crippen LogP contribution in [0.2, 0.25) is 5.02 Å². The maximum absolute atomic E-state index is 13.3. The van der Waals surface area contributed by atoms with Crippen molar-refractivity contribution < 1.29 is 23.7 Å². The first-order valence-electron chi connectivity index (χ1n) is 10.1. The molecule has 1 aliphatic heterocycles. The molecular weight excluding hydrogens is 430 g/mol. The van der Waals surface area contributed by atoms with E-state index in [1.165, 1.54) is 0 Å². The van der Waals surface area contributed by atoms with Crippen LogP contribution in [0.15, 0.2) is 60.7 Å². The van der Waals surface area contributed by atoms with Crippen LogP contribution >= 0.6 is 11.6 Å². The lowest BCUT2D eigenvalue weighted by Gasteiger charge is -2.29. The SMILES string of the molecule is COc1ccc(OCC(c2ccc(OC)c(OC)c2)N2Cc3ccc(Cl)cc3C2=O)cc1. The van der Waals surface area contributed by atoms with Gasteiger partial charge in [-0.25, -0.2) is 0 Å². The van der Waals surface area contributed by atoms with Gasteiger partial charge in [0.15, 0.2) is 11.5 Å². The van der Waals surface area contributed by atoms with E-state index in [0.717, 1.165) is 16.9 Å². The molecule has 1 amide bonds. The first-order chi connectivity index (χ1) is 15.5. The maximum atomic E-state index is 13.3. The average Bonchev–Trinajstić information content (AvgIpc) is 3.15. The predicted octanol–water partition coefficient (Wildman–Crippen LogP) is 5.14. The summed E-state index contributed by atoms with van der Waals surface area (Å²) in [6.07, 6.45) is 0. The number of nitrogens with zero attached hydrogens (tertiary/aromatic N) is 1. The van der Waals surface area contributed by atoms with Crippen molar-refractivity contribution >= 4 is 17.5 Å². The number of benzene rings is 3. The van der Waals surface area contributed by atoms with E-state index in [0.29, 0.717) is 34.4 Å². The molecule has 0 fully saturated rings. The van der Waals surface area contributed by atoms with Crippen LogP contribution in [0.1, 0.15) is 27.5 Å². The van der Waals surface area contributed by atoms with Gasteiger partial charge in [-0.1, -0.05) is 23.7 Å². The third-order valence-corrected chi connectivity index (χ3v) is 5.77. The molecule has 4 rings (SSSR count). The molecule has 0 aliphatic carbocycles. The van der Waals surface area contributed by atoms with E-state index in [2.05, 4.69) is 0 Å². The molecule has 7 heteroatoms. The van der Waals surface area contributed by atoms with E-state index in [-0.39, 0.29) is 18.6 Å². The van der Waals surface area contributed by atoms with Gasteiger partial charge in [0, 0.05) is 17.1 Å². The fourth-order valence-corrected chi connectivity index (χ4v) is 3.99. The average molecular weight is 454 g/mol. The summed E-state index contributed by atoms with van der Waals surface area (Å²) in [5, 5.41) is 0.538. The van der Waals surface area contributed by atoms with Crippen LogP contribution in [-0.2, 0) is 6.54 Å². The molecule has 32 heavy (non-hydrogen) atoms. The van der Waals surface area contributed by atoms with Crippen LogP contribution in [0.4, 0.5) is 0 Å². The van der Waals surface area contributed by atoms with Crippen LogP contribution in [0.5, 0.6) is 23.0 Å². The smallest absolute Gasteiger partial charge is 0.255 e. The van der Waals surface area contributed by atoms with Gasteiger partial charge in [-0.2, -0.15) is 0 Å². The maximum Gasteiger partial charge on any atom is 0.255 e. The molecule has 3 aromatic rings. The summed E-state index contributed by atoms with van der Waals surface area (Å²) in [5.41, 5.74) is 2.44. The second-order valence-electron chi connectivity index (χ2n) is 7.35. The highest BCUT2D eigenvalue weighted by atomic mass is 35.5. The van der Waals surface area contributed by atoms with Crippen molar-refractivity contribution in [2.45, 2.75) is 12.6 Å². The molecule has 0 saturated carbocycles. The van der Waals surface area contributed by atoms with Gasteiger partial charge < -0.3 is 23.8 Å². The third kappa shape index (κ3) is 4.32. The molecule has 166 valence electrons. The molecule has 1 atom stereocenters. The molecule has 3 aromatic carbocycles. The Morgan fingerprint density at radius 3 is 2.28 bits per heavy atom. The largest absolute Gasteiger partial charge is 0.497 e. The molecule has 0 N–H and O–H groups in total. The van der Waals surface area contributed by atoms with E-state index in [9.17, 15) is 4.79 Å². The van der Waals surface area contributed by atoms with Gasteiger partial charge >= 0.3 is 0 Å². The van der Waals surface area contributed by atoms with E-state index in [1.807, 2.05) is 48.5 Å². The van der Waals surface area contributed by atoms with Crippen LogP contribution in [-0.4, -0.2) is 38.7 Å². The Kier molecular flexibility index (Phi) is 6.42. The number of hydrogen-bond donors (Lipinski definition) is 0. The van der Waals surface area contributed by atoms with Crippen molar-refractivity contribution in [2.24, 2.45) is 0 Å². The van der Waals surface area contributed by atoms with Gasteiger partial charge in [0.2, 0.25) is 0 Å². The number of carbonyl (C=O) groups is 1. The van der Waals surface area contributed by atoms with Gasteiger partial charge in [0.05, 0.1) is 27.4 Å². The van der Waals surface area contributed by atoms with Crippen LogP contribution in [0, 0.1) is 0 Å². The highest BCUT2D eigenvalue weighted by Crippen LogP contribution is 2.37. The van der Waals surface area contributed by atoms with E-state index < -0.39 is 0 Å². The van der Waals surface area contributed by atoms with Crippen LogP contribution in [0.3, 0.4) is 0 Å². The molecule has 6 nitrogen and oxygen atoms in total. The highest BCUT2D eigenvalue weighted by molar-refractivity contribution is 6.31. The standard InChI is InChI=1S/C25H24ClNO5/c1-29-19-7-9-20(10-8-19)32-15-22(16-5-11-23(30-2)24(12-16)31-3)27-14-17-4-6-18(26)13-21(17)25(27)28/h4-13,22H,14-15H2,1-3H3. The van der Waals surface area contributed by atoms with Crippen LogP contribution in [0.25, 0.3) is 0 Å². The topological polar surface area (TPSA) is 57.2 Å². The molecule has 1 aliphatic rings. The van der Waals surface area contributed by atoms with E-state index in [1.54, 1.807) is 38.4 Å². The normalized spacial score (nSPS) is 13.5. The number of carbonyl (C=O) groups excluding carboxylic acids is 1. The zero-order chi connectivity index (χ0) is 22.7. The molecule has 0 spiro atoms. The number of rotatable bonds is 8. The Labute approximate surface area is 192 Å². The lowest BCUT2D eigenvalue weighted by atomic mass is 10.0. The summed E-state index contributed by atoms with van der Waals surface area (Å²) < 4.78 is 22.1. The molecule has 0 bridgehead atoms. The summed E-state index contributed by atoms with van der Waals surface area (Å²) in [5.74, 6) is 2.56. The lowest BCUT2D eigenvalue weighted by molar-refractivity contribution is 0.0635. The minimum Gasteiger partial charge on any atom is -0.497 e. The number of ether oxygens (including phenoxy) is 4. The van der Waals surface area contributed by atoms with Crippen molar-refractivity contribution in [1.29, 1.82) is 0 Å². The van der Waals surface area contributed by atoms with E-state index in [4.69, 9.17) is 30.5 Å². The van der Waals surface area contributed by atoms with Gasteiger partial charge in [0.1, 0.15) is 18.1 Å². The number of fused-ring (bicyclic) bond motifs is 1. The summed E-state index contributed by atoms with van der Waals surface area (Å²) in [6, 6.07) is 18.0. The minimum absolute atomic E-state index is 0.0828. The fraction of sp³-hybridized carbons (Fsp3) is 0.240. The Morgan fingerprint density at radius 1 is 0.875 bits per heavy atom. The summed E-state index contributed by atoms with van der Waals surface area (Å²) in [6.45, 7) is 0.728. The quantitative estimate of drug-likeness (QED) is 0.472. The number of hydrogen-bond acceptors (Lipinski definition) is 5. The molecule has 0 radical (unpaired) electrons. The Balaban J connectivity index is 1.66. The Bertz CT molecular complexity index is 1120. The number of amides is 1. The molecule has 0 saturated heterocycles. The van der Waals surface area contributed by atoms with E-state index >= 15 is 0 Å². The van der Waals surface area contributed by atoms with Gasteiger partial charge in [-0.3, -0.25) is 4.79 Å². The van der Waals surface area contributed by atoms with Gasteiger partial charge in [-0.15, -0.1) is 0 Å². The second-order valence-corrected chi connectivity index (χ2v) is 7.79. The lowest BCUT2D eigenvalue weighted by Crippen LogP contribution is -2.33. The Hall–Kier alpha value is -3.38. The third-order valence-electron chi connectivity index (χ3n) is 5.54. The van der Waals surface area contributed by atoms with Crippen molar-refractivity contribution in [2.75, 3.05) is 27.9 Å². The zero-order valence-electron chi connectivity index (χ0n) is 18.1. The zero-order valence-corrected chi connectivity index (χ0v) is 18.9. The molecule has 0 aromatic heterocycles. The first kappa shape index (κ1) is 21.8.